The minimum Gasteiger partial charge on any atom is -0.481 e. The SMILES string of the molecule is O=C1COc2cccnc2-n2ccnc21. The monoisotopic (exact) mass is 201 g/mol. The van der Waals surface area contributed by atoms with Crippen LogP contribution in [0.25, 0.3) is 5.82 Å². The number of imidazole rings is 1. The maximum Gasteiger partial charge on any atom is 0.235 e. The number of nitrogens with zero attached hydrogens (tertiary/aromatic N) is 3. The average Bonchev–Trinajstić information content (AvgIpc) is 2.71. The molecule has 0 aliphatic carbocycles. The molecular weight excluding hydrogens is 194 g/mol. The number of fused-ring (bicyclic) bond motifs is 3. The van der Waals surface area contributed by atoms with Gasteiger partial charge in [0.05, 0.1) is 0 Å². The standard InChI is InChI=1S/C10H7N3O2/c14-7-6-15-8-2-1-3-11-10(8)13-5-4-12-9(7)13/h1-5H,6H2. The van der Waals surface area contributed by atoms with Crippen molar-refractivity contribution in [3.8, 4) is 11.6 Å². The quantitative estimate of drug-likeness (QED) is 0.633. The predicted molar refractivity (Wildman–Crippen MR) is 51.2 cm³/mol. The minimum atomic E-state index is -0.141. The Morgan fingerprint density at radius 3 is 3.20 bits per heavy atom. The molecule has 15 heavy (non-hydrogen) atoms. The first-order chi connectivity index (χ1) is 7.36. The van der Waals surface area contributed by atoms with Crippen LogP contribution in [0.2, 0.25) is 0 Å². The third kappa shape index (κ3) is 1.13. The molecule has 0 saturated heterocycles. The van der Waals surface area contributed by atoms with Crippen LogP contribution in [0.5, 0.6) is 5.75 Å². The highest BCUT2D eigenvalue weighted by Gasteiger charge is 2.21. The van der Waals surface area contributed by atoms with E-state index in [2.05, 4.69) is 9.97 Å². The second kappa shape index (κ2) is 2.91. The fourth-order valence-corrected chi connectivity index (χ4v) is 1.56. The number of hydrogen-bond donors (Lipinski definition) is 0. The lowest BCUT2D eigenvalue weighted by Crippen LogP contribution is -2.12. The van der Waals surface area contributed by atoms with Crippen LogP contribution >= 0.6 is 0 Å². The predicted octanol–water partition coefficient (Wildman–Crippen LogP) is 0.842. The van der Waals surface area contributed by atoms with Crippen molar-refractivity contribution in [3.05, 3.63) is 36.5 Å². The van der Waals surface area contributed by atoms with Crippen molar-refractivity contribution >= 4 is 5.78 Å². The van der Waals surface area contributed by atoms with E-state index >= 15 is 0 Å². The number of ketones is 1. The van der Waals surface area contributed by atoms with E-state index in [1.54, 1.807) is 35.3 Å². The molecule has 0 fully saturated rings. The maximum absolute atomic E-state index is 11.6. The van der Waals surface area contributed by atoms with E-state index in [-0.39, 0.29) is 12.4 Å². The van der Waals surface area contributed by atoms with E-state index in [1.807, 2.05) is 0 Å². The summed E-state index contributed by atoms with van der Waals surface area (Å²) < 4.78 is 6.97. The Bertz CT molecular complexity index is 533. The smallest absolute Gasteiger partial charge is 0.235 e. The van der Waals surface area contributed by atoms with Crippen LogP contribution < -0.4 is 4.74 Å². The summed E-state index contributed by atoms with van der Waals surface area (Å²) in [7, 11) is 0. The summed E-state index contributed by atoms with van der Waals surface area (Å²) in [5.41, 5.74) is 0. The van der Waals surface area contributed by atoms with Gasteiger partial charge in [-0.25, -0.2) is 9.97 Å². The molecule has 74 valence electrons. The number of carbonyl (C=O) groups excluding carboxylic acids is 1. The number of pyridine rings is 1. The number of Topliss-reactive ketones (excluding diaryl/α,β-unsaturated/α-hetero) is 1. The zero-order valence-electron chi connectivity index (χ0n) is 7.75. The Morgan fingerprint density at radius 1 is 1.33 bits per heavy atom. The Morgan fingerprint density at radius 2 is 2.27 bits per heavy atom. The van der Waals surface area contributed by atoms with E-state index in [0.717, 1.165) is 0 Å². The average molecular weight is 201 g/mol. The second-order valence-electron chi connectivity index (χ2n) is 3.16. The van der Waals surface area contributed by atoms with Crippen LogP contribution in [0.15, 0.2) is 30.7 Å². The summed E-state index contributed by atoms with van der Waals surface area (Å²) in [5.74, 6) is 1.43. The molecule has 0 spiro atoms. The van der Waals surface area contributed by atoms with E-state index in [9.17, 15) is 4.79 Å². The first-order valence-corrected chi connectivity index (χ1v) is 4.51. The Balaban J connectivity index is 2.31. The van der Waals surface area contributed by atoms with E-state index in [4.69, 9.17) is 4.74 Å². The van der Waals surface area contributed by atoms with Crippen molar-refractivity contribution < 1.29 is 9.53 Å². The van der Waals surface area contributed by atoms with Gasteiger partial charge in [0, 0.05) is 18.6 Å². The van der Waals surface area contributed by atoms with Crippen molar-refractivity contribution in [2.75, 3.05) is 6.61 Å². The number of carbonyl (C=O) groups is 1. The molecule has 0 bridgehead atoms. The summed E-state index contributed by atoms with van der Waals surface area (Å²) in [6.45, 7) is 0.00963. The number of rotatable bonds is 0. The molecule has 0 N–H and O–H groups in total. The van der Waals surface area contributed by atoms with Gasteiger partial charge in [-0.2, -0.15) is 0 Å². The van der Waals surface area contributed by atoms with Gasteiger partial charge in [0.2, 0.25) is 5.78 Å². The highest BCUT2D eigenvalue weighted by molar-refractivity contribution is 5.95. The third-order valence-corrected chi connectivity index (χ3v) is 2.23. The maximum atomic E-state index is 11.6. The molecule has 0 atom stereocenters. The molecule has 0 aromatic carbocycles. The lowest BCUT2D eigenvalue weighted by Gasteiger charge is -2.05. The summed E-state index contributed by atoms with van der Waals surface area (Å²) in [6.07, 6.45) is 4.94. The molecule has 5 nitrogen and oxygen atoms in total. The molecule has 3 rings (SSSR count). The third-order valence-electron chi connectivity index (χ3n) is 2.23. The molecule has 0 unspecified atom stereocenters. The van der Waals surface area contributed by atoms with Gasteiger partial charge in [0.1, 0.15) is 0 Å². The minimum absolute atomic E-state index is 0.00963. The topological polar surface area (TPSA) is 57.0 Å². The number of ether oxygens (including phenoxy) is 1. The second-order valence-corrected chi connectivity index (χ2v) is 3.16. The zero-order valence-corrected chi connectivity index (χ0v) is 7.75. The van der Waals surface area contributed by atoms with Crippen molar-refractivity contribution in [3.63, 3.8) is 0 Å². The lowest BCUT2D eigenvalue weighted by molar-refractivity contribution is 0.0916. The fourth-order valence-electron chi connectivity index (χ4n) is 1.56. The molecule has 5 heteroatoms. The van der Waals surface area contributed by atoms with Crippen molar-refractivity contribution in [2.24, 2.45) is 0 Å². The molecule has 2 aromatic rings. The normalized spacial score (nSPS) is 13.7. The lowest BCUT2D eigenvalue weighted by atomic mass is 10.4. The Labute approximate surface area is 85.3 Å². The van der Waals surface area contributed by atoms with Crippen molar-refractivity contribution in [1.82, 2.24) is 14.5 Å². The van der Waals surface area contributed by atoms with E-state index < -0.39 is 0 Å². The fraction of sp³-hybridized carbons (Fsp3) is 0.100. The van der Waals surface area contributed by atoms with Gasteiger partial charge in [0.25, 0.3) is 0 Å². The van der Waals surface area contributed by atoms with Gasteiger partial charge in [-0.3, -0.25) is 9.36 Å². The largest absolute Gasteiger partial charge is 0.481 e. The molecule has 0 saturated carbocycles. The van der Waals surface area contributed by atoms with Crippen molar-refractivity contribution in [2.45, 2.75) is 0 Å². The summed E-state index contributed by atoms with van der Waals surface area (Å²) in [5, 5.41) is 0. The number of hydrogen-bond acceptors (Lipinski definition) is 4. The summed E-state index contributed by atoms with van der Waals surface area (Å²) in [4.78, 5) is 19.8. The van der Waals surface area contributed by atoms with Gasteiger partial charge in [-0.1, -0.05) is 0 Å². The van der Waals surface area contributed by atoms with Crippen LogP contribution in [0.4, 0.5) is 0 Å². The first-order valence-electron chi connectivity index (χ1n) is 4.51. The van der Waals surface area contributed by atoms with E-state index in [0.29, 0.717) is 17.4 Å². The summed E-state index contributed by atoms with van der Waals surface area (Å²) >= 11 is 0. The van der Waals surface area contributed by atoms with Crippen LogP contribution in [0, 0.1) is 0 Å². The van der Waals surface area contributed by atoms with Gasteiger partial charge < -0.3 is 4.74 Å². The molecule has 1 aliphatic heterocycles. The van der Waals surface area contributed by atoms with E-state index in [1.165, 1.54) is 0 Å². The molecular formula is C10H7N3O2. The summed E-state index contributed by atoms with van der Waals surface area (Å²) in [6, 6.07) is 3.55. The van der Waals surface area contributed by atoms with Crippen LogP contribution in [0.1, 0.15) is 10.6 Å². The van der Waals surface area contributed by atoms with Gasteiger partial charge >= 0.3 is 0 Å². The molecule has 1 aliphatic rings. The molecule has 0 radical (unpaired) electrons. The Kier molecular flexibility index (Phi) is 1.58. The zero-order chi connectivity index (χ0) is 10.3. The van der Waals surface area contributed by atoms with Crippen LogP contribution in [-0.4, -0.2) is 26.9 Å². The van der Waals surface area contributed by atoms with Crippen LogP contribution in [0.3, 0.4) is 0 Å². The highest BCUT2D eigenvalue weighted by Crippen LogP contribution is 2.23. The van der Waals surface area contributed by atoms with Crippen LogP contribution in [-0.2, 0) is 0 Å². The number of aromatic nitrogens is 3. The Hall–Kier alpha value is -2.17. The van der Waals surface area contributed by atoms with Gasteiger partial charge in [-0.05, 0) is 12.1 Å². The first kappa shape index (κ1) is 8.16. The van der Waals surface area contributed by atoms with Gasteiger partial charge in [-0.15, -0.1) is 0 Å². The van der Waals surface area contributed by atoms with Gasteiger partial charge in [0.15, 0.2) is 24.0 Å². The van der Waals surface area contributed by atoms with Crippen molar-refractivity contribution in [1.29, 1.82) is 0 Å². The molecule has 3 heterocycles. The molecule has 0 amide bonds. The highest BCUT2D eigenvalue weighted by atomic mass is 16.5. The molecule has 2 aromatic heterocycles.